The number of aliphatic hydroxyl groups excluding tert-OH is 1. The number of aliphatic hydroxyl groups is 1. The van der Waals surface area contributed by atoms with Gasteiger partial charge in [-0.1, -0.05) is 6.92 Å². The molecule has 1 atom stereocenters. The summed E-state index contributed by atoms with van der Waals surface area (Å²) < 4.78 is 5.19. The third-order valence-electron chi connectivity index (χ3n) is 1.71. The van der Waals surface area contributed by atoms with E-state index in [0.717, 1.165) is 6.42 Å². The lowest BCUT2D eigenvalue weighted by atomic mass is 10.0. The van der Waals surface area contributed by atoms with Gasteiger partial charge in [-0.3, -0.25) is 4.79 Å². The van der Waals surface area contributed by atoms with Gasteiger partial charge in [0.25, 0.3) is 0 Å². The van der Waals surface area contributed by atoms with Gasteiger partial charge in [0.2, 0.25) is 0 Å². The molecule has 0 bridgehead atoms. The third kappa shape index (κ3) is 5.64. The lowest BCUT2D eigenvalue weighted by molar-refractivity contribution is -0.160. The maximum Gasteiger partial charge on any atom is 0.309 e. The van der Waals surface area contributed by atoms with Crippen molar-refractivity contribution in [2.45, 2.75) is 46.1 Å². The molecule has 13 heavy (non-hydrogen) atoms. The van der Waals surface area contributed by atoms with Crippen LogP contribution in [-0.4, -0.2) is 23.3 Å². The molecule has 0 heterocycles. The third-order valence-corrected chi connectivity index (χ3v) is 1.71. The highest BCUT2D eigenvalue weighted by Crippen LogP contribution is 2.15. The highest BCUT2D eigenvalue weighted by Gasteiger charge is 2.22. The Morgan fingerprint density at radius 2 is 2.00 bits per heavy atom. The summed E-state index contributed by atoms with van der Waals surface area (Å²) in [7, 11) is 0. The Hall–Kier alpha value is -0.570. The van der Waals surface area contributed by atoms with Crippen molar-refractivity contribution in [3.8, 4) is 0 Å². The number of rotatable bonds is 4. The van der Waals surface area contributed by atoms with Crippen LogP contribution in [0, 0.1) is 5.92 Å². The SMILES string of the molecule is CC[C@H](CCO)C(=O)OC(C)(C)C. The van der Waals surface area contributed by atoms with Gasteiger partial charge >= 0.3 is 5.97 Å². The fourth-order valence-corrected chi connectivity index (χ4v) is 1.03. The summed E-state index contributed by atoms with van der Waals surface area (Å²) in [6.07, 6.45) is 1.21. The predicted molar refractivity (Wildman–Crippen MR) is 51.3 cm³/mol. The maximum absolute atomic E-state index is 11.4. The van der Waals surface area contributed by atoms with E-state index >= 15 is 0 Å². The number of ether oxygens (including phenoxy) is 1. The molecule has 0 saturated carbocycles. The molecule has 0 spiro atoms. The molecule has 0 aliphatic rings. The Morgan fingerprint density at radius 3 is 2.31 bits per heavy atom. The molecule has 3 heteroatoms. The smallest absolute Gasteiger partial charge is 0.309 e. The topological polar surface area (TPSA) is 46.5 Å². The van der Waals surface area contributed by atoms with Gasteiger partial charge < -0.3 is 9.84 Å². The fraction of sp³-hybridized carbons (Fsp3) is 0.900. The number of hydrogen-bond acceptors (Lipinski definition) is 3. The van der Waals surface area contributed by atoms with Crippen molar-refractivity contribution in [3.05, 3.63) is 0 Å². The van der Waals surface area contributed by atoms with Crippen LogP contribution in [0.2, 0.25) is 0 Å². The van der Waals surface area contributed by atoms with Crippen LogP contribution in [0.1, 0.15) is 40.5 Å². The van der Waals surface area contributed by atoms with Crippen LogP contribution in [-0.2, 0) is 9.53 Å². The molecule has 0 amide bonds. The minimum absolute atomic E-state index is 0.0394. The number of esters is 1. The van der Waals surface area contributed by atoms with Crippen LogP contribution in [0.3, 0.4) is 0 Å². The van der Waals surface area contributed by atoms with Crippen molar-refractivity contribution >= 4 is 5.97 Å². The molecule has 0 saturated heterocycles. The molecule has 0 rings (SSSR count). The molecule has 1 N–H and O–H groups in total. The zero-order chi connectivity index (χ0) is 10.5. The molecule has 78 valence electrons. The van der Waals surface area contributed by atoms with E-state index in [1.165, 1.54) is 0 Å². The van der Waals surface area contributed by atoms with Crippen LogP contribution in [0.25, 0.3) is 0 Å². The Bertz CT molecular complexity index is 158. The zero-order valence-electron chi connectivity index (χ0n) is 8.96. The van der Waals surface area contributed by atoms with E-state index in [9.17, 15) is 4.79 Å². The summed E-state index contributed by atoms with van der Waals surface area (Å²) in [5.41, 5.74) is -0.431. The van der Waals surface area contributed by atoms with Gasteiger partial charge in [0.1, 0.15) is 5.60 Å². The Morgan fingerprint density at radius 1 is 1.46 bits per heavy atom. The first-order valence-electron chi connectivity index (χ1n) is 4.74. The molecule has 0 aromatic heterocycles. The summed E-state index contributed by atoms with van der Waals surface area (Å²) in [4.78, 5) is 11.4. The van der Waals surface area contributed by atoms with Crippen LogP contribution < -0.4 is 0 Å². The molecule has 0 aliphatic heterocycles. The summed E-state index contributed by atoms with van der Waals surface area (Å²) in [5.74, 6) is -0.367. The molecular weight excluding hydrogens is 168 g/mol. The van der Waals surface area contributed by atoms with Crippen molar-refractivity contribution in [1.29, 1.82) is 0 Å². The van der Waals surface area contributed by atoms with E-state index in [1.54, 1.807) is 0 Å². The van der Waals surface area contributed by atoms with Crippen molar-refractivity contribution in [2.75, 3.05) is 6.61 Å². The molecule has 0 aliphatic carbocycles. The average molecular weight is 188 g/mol. The van der Waals surface area contributed by atoms with Crippen molar-refractivity contribution in [2.24, 2.45) is 5.92 Å². The molecule has 3 nitrogen and oxygen atoms in total. The zero-order valence-corrected chi connectivity index (χ0v) is 8.96. The first-order chi connectivity index (χ1) is 5.90. The second-order valence-corrected chi connectivity index (χ2v) is 4.15. The monoisotopic (exact) mass is 188 g/mol. The first-order valence-corrected chi connectivity index (χ1v) is 4.74. The second-order valence-electron chi connectivity index (χ2n) is 4.15. The van der Waals surface area contributed by atoms with E-state index in [2.05, 4.69) is 0 Å². The van der Waals surface area contributed by atoms with Gasteiger partial charge in [0.15, 0.2) is 0 Å². The van der Waals surface area contributed by atoms with Gasteiger partial charge in [-0.25, -0.2) is 0 Å². The Labute approximate surface area is 80.1 Å². The normalized spacial score (nSPS) is 13.9. The minimum Gasteiger partial charge on any atom is -0.460 e. The lowest BCUT2D eigenvalue weighted by Gasteiger charge is -2.22. The summed E-state index contributed by atoms with van der Waals surface area (Å²) >= 11 is 0. The summed E-state index contributed by atoms with van der Waals surface area (Å²) in [6.45, 7) is 7.49. The van der Waals surface area contributed by atoms with Gasteiger partial charge in [-0.15, -0.1) is 0 Å². The highest BCUT2D eigenvalue weighted by molar-refractivity contribution is 5.72. The van der Waals surface area contributed by atoms with Crippen LogP contribution in [0.4, 0.5) is 0 Å². The first kappa shape index (κ1) is 12.4. The van der Waals surface area contributed by atoms with Gasteiger partial charge in [-0.2, -0.15) is 0 Å². The predicted octanol–water partition coefficient (Wildman–Crippen LogP) is 1.74. The molecule has 0 radical (unpaired) electrons. The van der Waals surface area contributed by atoms with E-state index in [4.69, 9.17) is 9.84 Å². The molecule has 0 aromatic rings. The average Bonchev–Trinajstić information content (AvgIpc) is 1.96. The largest absolute Gasteiger partial charge is 0.460 e. The second kappa shape index (κ2) is 5.22. The van der Waals surface area contributed by atoms with Crippen LogP contribution in [0.5, 0.6) is 0 Å². The number of carbonyl (C=O) groups is 1. The maximum atomic E-state index is 11.4. The fourth-order valence-electron chi connectivity index (χ4n) is 1.03. The van der Waals surface area contributed by atoms with Crippen LogP contribution >= 0.6 is 0 Å². The number of carbonyl (C=O) groups excluding carboxylic acids is 1. The highest BCUT2D eigenvalue weighted by atomic mass is 16.6. The van der Waals surface area contributed by atoms with Gasteiger partial charge in [-0.05, 0) is 33.6 Å². The molecule has 0 fully saturated rings. The van der Waals surface area contributed by atoms with Gasteiger partial charge in [0, 0.05) is 6.61 Å². The van der Waals surface area contributed by atoms with E-state index in [0.29, 0.717) is 6.42 Å². The number of hydrogen-bond donors (Lipinski definition) is 1. The van der Waals surface area contributed by atoms with E-state index in [1.807, 2.05) is 27.7 Å². The quantitative estimate of drug-likeness (QED) is 0.683. The lowest BCUT2D eigenvalue weighted by Crippen LogP contribution is -2.29. The standard InChI is InChI=1S/C10H20O3/c1-5-8(6-7-11)9(12)13-10(2,3)4/h8,11H,5-7H2,1-4H3/t8-/m1/s1. The van der Waals surface area contributed by atoms with Gasteiger partial charge in [0.05, 0.1) is 5.92 Å². The molecule has 0 aromatic carbocycles. The van der Waals surface area contributed by atoms with Crippen molar-refractivity contribution in [1.82, 2.24) is 0 Å². The van der Waals surface area contributed by atoms with E-state index in [-0.39, 0.29) is 18.5 Å². The minimum atomic E-state index is -0.431. The van der Waals surface area contributed by atoms with E-state index < -0.39 is 5.60 Å². The Kier molecular flexibility index (Phi) is 4.99. The van der Waals surface area contributed by atoms with Crippen LogP contribution in [0.15, 0.2) is 0 Å². The molecular formula is C10H20O3. The summed E-state index contributed by atoms with van der Waals surface area (Å²) in [5, 5.41) is 8.71. The molecule has 0 unspecified atom stereocenters. The van der Waals surface area contributed by atoms with Crippen molar-refractivity contribution in [3.63, 3.8) is 0 Å². The Balaban J connectivity index is 4.06. The summed E-state index contributed by atoms with van der Waals surface area (Å²) in [6, 6.07) is 0. The van der Waals surface area contributed by atoms with Crippen molar-refractivity contribution < 1.29 is 14.6 Å².